The minimum atomic E-state index is -0.436. The maximum atomic E-state index is 14.1. The van der Waals surface area contributed by atoms with Crippen LogP contribution in [-0.2, 0) is 9.59 Å². The van der Waals surface area contributed by atoms with Gasteiger partial charge >= 0.3 is 0 Å². The molecule has 1 saturated carbocycles. The van der Waals surface area contributed by atoms with Gasteiger partial charge in [0.05, 0.1) is 18.7 Å². The van der Waals surface area contributed by atoms with Gasteiger partial charge in [0.15, 0.2) is 23.1 Å². The quantitative estimate of drug-likeness (QED) is 0.382. The van der Waals surface area contributed by atoms with Crippen molar-refractivity contribution < 1.29 is 19.1 Å². The summed E-state index contributed by atoms with van der Waals surface area (Å²) in [7, 11) is 1.58. The second-order valence-electron chi connectivity index (χ2n) is 13.2. The van der Waals surface area contributed by atoms with E-state index in [-0.39, 0.29) is 22.4 Å². The number of benzene rings is 1. The van der Waals surface area contributed by atoms with Crippen molar-refractivity contribution in [2.24, 2.45) is 10.8 Å². The van der Waals surface area contributed by atoms with E-state index in [4.69, 9.17) is 21.1 Å². The van der Waals surface area contributed by atoms with Crippen molar-refractivity contribution in [2.45, 2.75) is 104 Å². The lowest BCUT2D eigenvalue weighted by atomic mass is 9.63. The summed E-state index contributed by atoms with van der Waals surface area (Å²) in [4.78, 5) is 30.6. The molecule has 0 unspecified atom stereocenters. The Labute approximate surface area is 232 Å². The standard InChI is InChI=1S/C32H42ClNO4/c1-7-38-26-14-19(13-21(33)30(26)37-6)27-28-22(15-31(2,3)17-24(28)35)34(20-11-9-8-10-12-20)23-16-32(4,5)18-25(36)29(23)27/h13-14,20,27H,7-12,15-18H2,1-6H3. The van der Waals surface area contributed by atoms with Gasteiger partial charge in [0, 0.05) is 47.3 Å². The van der Waals surface area contributed by atoms with Crippen molar-refractivity contribution >= 4 is 23.2 Å². The van der Waals surface area contributed by atoms with Crippen LogP contribution in [0, 0.1) is 10.8 Å². The van der Waals surface area contributed by atoms with E-state index in [1.807, 2.05) is 19.1 Å². The molecule has 206 valence electrons. The lowest BCUT2D eigenvalue weighted by Gasteiger charge is -2.52. The van der Waals surface area contributed by atoms with Crippen LogP contribution < -0.4 is 9.47 Å². The maximum Gasteiger partial charge on any atom is 0.179 e. The molecule has 0 amide bonds. The van der Waals surface area contributed by atoms with Crippen molar-refractivity contribution in [1.29, 1.82) is 0 Å². The van der Waals surface area contributed by atoms with Crippen LogP contribution in [0.4, 0.5) is 0 Å². The number of rotatable bonds is 5. The zero-order valence-electron chi connectivity index (χ0n) is 23.8. The molecule has 0 bridgehead atoms. The van der Waals surface area contributed by atoms with Gasteiger partial charge in [0.1, 0.15) is 0 Å². The highest BCUT2D eigenvalue weighted by Crippen LogP contribution is 2.56. The molecule has 0 spiro atoms. The van der Waals surface area contributed by atoms with E-state index in [0.717, 1.165) is 53.8 Å². The topological polar surface area (TPSA) is 55.8 Å². The van der Waals surface area contributed by atoms with Crippen molar-refractivity contribution in [2.75, 3.05) is 13.7 Å². The van der Waals surface area contributed by atoms with E-state index in [1.165, 1.54) is 19.3 Å². The highest BCUT2D eigenvalue weighted by Gasteiger charge is 2.50. The lowest BCUT2D eigenvalue weighted by molar-refractivity contribution is -0.119. The third-order valence-electron chi connectivity index (χ3n) is 8.76. The number of nitrogens with zero attached hydrogens (tertiary/aromatic N) is 1. The Balaban J connectivity index is 1.79. The molecule has 0 saturated heterocycles. The molecule has 1 heterocycles. The van der Waals surface area contributed by atoms with Crippen LogP contribution in [0.3, 0.4) is 0 Å². The van der Waals surface area contributed by atoms with Crippen molar-refractivity contribution in [3.63, 3.8) is 0 Å². The molecule has 1 aliphatic heterocycles. The number of methoxy groups -OCH3 is 1. The van der Waals surface area contributed by atoms with Gasteiger partial charge in [-0.25, -0.2) is 0 Å². The number of hydrogen-bond acceptors (Lipinski definition) is 5. The summed E-state index contributed by atoms with van der Waals surface area (Å²) < 4.78 is 11.5. The van der Waals surface area contributed by atoms with Crippen LogP contribution in [0.25, 0.3) is 0 Å². The largest absolute Gasteiger partial charge is 0.491 e. The van der Waals surface area contributed by atoms with Gasteiger partial charge in [-0.1, -0.05) is 58.6 Å². The number of ketones is 2. The lowest BCUT2D eigenvalue weighted by Crippen LogP contribution is -2.48. The first-order chi connectivity index (χ1) is 18.0. The molecule has 5 rings (SSSR count). The maximum absolute atomic E-state index is 14.1. The molecule has 6 heteroatoms. The molecule has 0 N–H and O–H groups in total. The van der Waals surface area contributed by atoms with E-state index in [1.54, 1.807) is 7.11 Å². The summed E-state index contributed by atoms with van der Waals surface area (Å²) in [6.07, 6.45) is 8.45. The Bertz CT molecular complexity index is 1160. The summed E-state index contributed by atoms with van der Waals surface area (Å²) in [5, 5.41) is 0.430. The average molecular weight is 540 g/mol. The molecule has 38 heavy (non-hydrogen) atoms. The molecule has 0 atom stereocenters. The number of hydrogen-bond donors (Lipinski definition) is 0. The summed E-state index contributed by atoms with van der Waals surface area (Å²) in [6.45, 7) is 11.2. The number of ether oxygens (including phenoxy) is 2. The van der Waals surface area contributed by atoms with Gasteiger partial charge in [0.2, 0.25) is 0 Å². The van der Waals surface area contributed by atoms with Gasteiger partial charge in [-0.05, 0) is 61.1 Å². The van der Waals surface area contributed by atoms with Gasteiger partial charge in [-0.2, -0.15) is 0 Å². The van der Waals surface area contributed by atoms with E-state index in [0.29, 0.717) is 42.0 Å². The SMILES string of the molecule is CCOc1cc(C2C3=C(CC(C)(C)CC3=O)N(C3CCCCC3)C3=C2C(=O)CC(C)(C)C3)cc(Cl)c1OC. The fraction of sp³-hybridized carbons (Fsp3) is 0.625. The predicted octanol–water partition coefficient (Wildman–Crippen LogP) is 7.77. The normalized spacial score (nSPS) is 23.9. The third kappa shape index (κ3) is 4.80. The van der Waals surface area contributed by atoms with E-state index < -0.39 is 5.92 Å². The fourth-order valence-corrected chi connectivity index (χ4v) is 7.62. The van der Waals surface area contributed by atoms with Crippen molar-refractivity contribution in [3.8, 4) is 11.5 Å². The number of Topliss-reactive ketones (excluding diaryl/α,β-unsaturated/α-hetero) is 2. The summed E-state index contributed by atoms with van der Waals surface area (Å²) >= 11 is 6.74. The molecular weight excluding hydrogens is 498 g/mol. The Kier molecular flexibility index (Phi) is 7.21. The van der Waals surface area contributed by atoms with E-state index in [2.05, 4.69) is 32.6 Å². The molecule has 3 aliphatic carbocycles. The summed E-state index contributed by atoms with van der Waals surface area (Å²) in [6, 6.07) is 4.14. The number of carbonyl (C=O) groups is 2. The third-order valence-corrected chi connectivity index (χ3v) is 9.04. The van der Waals surface area contributed by atoms with Crippen molar-refractivity contribution in [1.82, 2.24) is 4.90 Å². The minimum absolute atomic E-state index is 0.131. The van der Waals surface area contributed by atoms with Gasteiger partial charge in [-0.15, -0.1) is 0 Å². The molecule has 5 nitrogen and oxygen atoms in total. The number of carbonyl (C=O) groups excluding carboxylic acids is 2. The minimum Gasteiger partial charge on any atom is -0.491 e. The Hall–Kier alpha value is -2.27. The Morgan fingerprint density at radius 2 is 1.45 bits per heavy atom. The van der Waals surface area contributed by atoms with Crippen LogP contribution in [0.2, 0.25) is 5.02 Å². The van der Waals surface area contributed by atoms with Crippen molar-refractivity contribution in [3.05, 3.63) is 45.3 Å². The first-order valence-electron chi connectivity index (χ1n) is 14.3. The fourth-order valence-electron chi connectivity index (χ4n) is 7.32. The number of allylic oxidation sites excluding steroid dienone is 4. The molecule has 1 aromatic rings. The monoisotopic (exact) mass is 539 g/mol. The predicted molar refractivity (Wildman–Crippen MR) is 151 cm³/mol. The molecule has 4 aliphatic rings. The summed E-state index contributed by atoms with van der Waals surface area (Å²) in [5.41, 5.74) is 4.44. The highest BCUT2D eigenvalue weighted by atomic mass is 35.5. The van der Waals surface area contributed by atoms with E-state index in [9.17, 15) is 9.59 Å². The first kappa shape index (κ1) is 27.3. The molecule has 0 aromatic heterocycles. The Morgan fingerprint density at radius 3 is 1.95 bits per heavy atom. The van der Waals surface area contributed by atoms with Gasteiger partial charge in [-0.3, -0.25) is 9.59 Å². The van der Waals surface area contributed by atoms with Crippen LogP contribution in [0.1, 0.15) is 104 Å². The molecule has 1 aromatic carbocycles. The smallest absolute Gasteiger partial charge is 0.179 e. The zero-order chi connectivity index (χ0) is 27.4. The summed E-state index contributed by atoms with van der Waals surface area (Å²) in [5.74, 6) is 0.887. The van der Waals surface area contributed by atoms with Gasteiger partial charge in [0.25, 0.3) is 0 Å². The molecule has 0 radical (unpaired) electrons. The zero-order valence-corrected chi connectivity index (χ0v) is 24.6. The van der Waals surface area contributed by atoms with Crippen LogP contribution in [0.15, 0.2) is 34.7 Å². The van der Waals surface area contributed by atoms with E-state index >= 15 is 0 Å². The second-order valence-corrected chi connectivity index (χ2v) is 13.6. The van der Waals surface area contributed by atoms with Gasteiger partial charge < -0.3 is 14.4 Å². The highest BCUT2D eigenvalue weighted by molar-refractivity contribution is 6.32. The van der Waals surface area contributed by atoms with Crippen LogP contribution >= 0.6 is 11.6 Å². The second kappa shape index (κ2) is 10.0. The first-order valence-corrected chi connectivity index (χ1v) is 14.7. The molecular formula is C32H42ClNO4. The van der Waals surface area contributed by atoms with Crippen LogP contribution in [-0.4, -0.2) is 36.2 Å². The van der Waals surface area contributed by atoms with Crippen LogP contribution in [0.5, 0.6) is 11.5 Å². The average Bonchev–Trinajstić information content (AvgIpc) is 2.82. The Morgan fingerprint density at radius 1 is 0.895 bits per heavy atom. The molecule has 1 fully saturated rings. The number of halogens is 1.